The van der Waals surface area contributed by atoms with Gasteiger partial charge in [-0.05, 0) is 46.2 Å². The second-order valence-corrected chi connectivity index (χ2v) is 6.71. The third kappa shape index (κ3) is 2.28. The molecule has 1 aromatic heterocycles. The van der Waals surface area contributed by atoms with Gasteiger partial charge in [0.05, 0.1) is 22.5 Å². The lowest BCUT2D eigenvalue weighted by Gasteiger charge is -2.20. The highest BCUT2D eigenvalue weighted by molar-refractivity contribution is 5.86. The second-order valence-electron chi connectivity index (χ2n) is 6.71. The first-order chi connectivity index (χ1) is 10.3. The number of imidazole rings is 1. The Morgan fingerprint density at radius 1 is 1.41 bits per heavy atom. The molecule has 0 radical (unpaired) electrons. The van der Waals surface area contributed by atoms with Crippen molar-refractivity contribution in [2.45, 2.75) is 52.4 Å². The van der Waals surface area contributed by atoms with Crippen LogP contribution in [0.25, 0.3) is 11.0 Å². The number of para-hydroxylation sites is 2. The normalized spacial score (nSPS) is 25.5. The summed E-state index contributed by atoms with van der Waals surface area (Å²) in [6.45, 7) is 7.75. The van der Waals surface area contributed by atoms with Crippen molar-refractivity contribution in [1.82, 2.24) is 14.9 Å². The van der Waals surface area contributed by atoms with Crippen LogP contribution >= 0.6 is 0 Å². The summed E-state index contributed by atoms with van der Waals surface area (Å²) in [4.78, 5) is 16.9. The standard InChI is InChI=1S/C17H22FN3O/c1-10(2)21-13-8-6-5-7-12(13)20-15(21)11(3)19-16(22)17(4)9-14(17)18/h5-8,10-11,14H,9H2,1-4H3,(H,19,22). The van der Waals surface area contributed by atoms with Crippen LogP contribution in [0.1, 0.15) is 52.0 Å². The van der Waals surface area contributed by atoms with E-state index in [4.69, 9.17) is 0 Å². The highest BCUT2D eigenvalue weighted by atomic mass is 19.1. The predicted octanol–water partition coefficient (Wildman–Crippen LogP) is 3.54. The topological polar surface area (TPSA) is 46.9 Å². The van der Waals surface area contributed by atoms with Gasteiger partial charge in [0, 0.05) is 6.04 Å². The van der Waals surface area contributed by atoms with E-state index in [-0.39, 0.29) is 18.0 Å². The molecule has 118 valence electrons. The molecule has 0 saturated heterocycles. The summed E-state index contributed by atoms with van der Waals surface area (Å²) in [5, 5.41) is 2.92. The van der Waals surface area contributed by atoms with E-state index >= 15 is 0 Å². The van der Waals surface area contributed by atoms with E-state index in [0.29, 0.717) is 6.42 Å². The van der Waals surface area contributed by atoms with Gasteiger partial charge in [0.1, 0.15) is 12.0 Å². The lowest BCUT2D eigenvalue weighted by Crippen LogP contribution is -2.35. The van der Waals surface area contributed by atoms with Gasteiger partial charge >= 0.3 is 0 Å². The molecule has 1 aromatic carbocycles. The largest absolute Gasteiger partial charge is 0.346 e. The van der Waals surface area contributed by atoms with Gasteiger partial charge in [0.15, 0.2) is 0 Å². The summed E-state index contributed by atoms with van der Waals surface area (Å²) in [6, 6.07) is 7.90. The van der Waals surface area contributed by atoms with E-state index in [1.165, 1.54) is 0 Å². The van der Waals surface area contributed by atoms with Gasteiger partial charge in [-0.3, -0.25) is 4.79 Å². The zero-order chi connectivity index (χ0) is 16.1. The van der Waals surface area contributed by atoms with Crippen molar-refractivity contribution in [3.8, 4) is 0 Å². The molecule has 1 heterocycles. The van der Waals surface area contributed by atoms with Gasteiger partial charge in [0.2, 0.25) is 5.91 Å². The number of carbonyl (C=O) groups is 1. The fourth-order valence-electron chi connectivity index (χ4n) is 2.89. The molecule has 3 rings (SSSR count). The van der Waals surface area contributed by atoms with Crippen molar-refractivity contribution in [2.24, 2.45) is 5.41 Å². The van der Waals surface area contributed by atoms with Crippen LogP contribution in [0.3, 0.4) is 0 Å². The molecule has 3 unspecified atom stereocenters. The summed E-state index contributed by atoms with van der Waals surface area (Å²) in [5.41, 5.74) is 1.10. The molecule has 0 spiro atoms. The van der Waals surface area contributed by atoms with Gasteiger partial charge in [-0.25, -0.2) is 9.37 Å². The Kier molecular flexibility index (Phi) is 3.46. The molecule has 1 aliphatic carbocycles. The Labute approximate surface area is 129 Å². The summed E-state index contributed by atoms with van der Waals surface area (Å²) in [5.74, 6) is 0.582. The monoisotopic (exact) mass is 303 g/mol. The van der Waals surface area contributed by atoms with E-state index in [0.717, 1.165) is 16.9 Å². The van der Waals surface area contributed by atoms with Crippen LogP contribution < -0.4 is 5.32 Å². The maximum Gasteiger partial charge on any atom is 0.229 e. The summed E-state index contributed by atoms with van der Waals surface area (Å²) < 4.78 is 15.5. The molecule has 22 heavy (non-hydrogen) atoms. The van der Waals surface area contributed by atoms with Gasteiger partial charge in [-0.1, -0.05) is 12.1 Å². The number of hydrogen-bond acceptors (Lipinski definition) is 2. The number of fused-ring (bicyclic) bond motifs is 1. The van der Waals surface area contributed by atoms with E-state index in [1.807, 2.05) is 31.2 Å². The van der Waals surface area contributed by atoms with Crippen molar-refractivity contribution in [3.05, 3.63) is 30.1 Å². The molecule has 0 aliphatic heterocycles. The van der Waals surface area contributed by atoms with Gasteiger partial charge in [0.25, 0.3) is 0 Å². The summed E-state index contributed by atoms with van der Waals surface area (Å²) in [6.07, 6.45) is -0.713. The number of carbonyl (C=O) groups excluding carboxylic acids is 1. The number of hydrogen-bond donors (Lipinski definition) is 1. The van der Waals surface area contributed by atoms with Gasteiger partial charge in [-0.2, -0.15) is 0 Å². The number of halogens is 1. The quantitative estimate of drug-likeness (QED) is 0.939. The molecule has 0 bridgehead atoms. The number of benzene rings is 1. The van der Waals surface area contributed by atoms with Crippen LogP contribution in [-0.2, 0) is 4.79 Å². The van der Waals surface area contributed by atoms with E-state index in [9.17, 15) is 9.18 Å². The second kappa shape index (κ2) is 5.07. The highest BCUT2D eigenvalue weighted by Gasteiger charge is 2.57. The zero-order valence-electron chi connectivity index (χ0n) is 13.4. The van der Waals surface area contributed by atoms with Gasteiger partial charge in [-0.15, -0.1) is 0 Å². The molecular formula is C17H22FN3O. The summed E-state index contributed by atoms with van der Waals surface area (Å²) >= 11 is 0. The molecule has 1 saturated carbocycles. The fourth-order valence-corrected chi connectivity index (χ4v) is 2.89. The first-order valence-electron chi connectivity index (χ1n) is 7.76. The first kappa shape index (κ1) is 15.0. The zero-order valence-corrected chi connectivity index (χ0v) is 13.4. The van der Waals surface area contributed by atoms with Crippen molar-refractivity contribution in [2.75, 3.05) is 0 Å². The lowest BCUT2D eigenvalue weighted by atomic mass is 10.1. The average molecular weight is 303 g/mol. The molecule has 1 amide bonds. The molecule has 1 fully saturated rings. The minimum absolute atomic E-state index is 0.227. The lowest BCUT2D eigenvalue weighted by molar-refractivity contribution is -0.127. The molecule has 2 aromatic rings. The van der Waals surface area contributed by atoms with Crippen molar-refractivity contribution >= 4 is 16.9 Å². The molecule has 1 N–H and O–H groups in total. The minimum atomic E-state index is -1.02. The summed E-state index contributed by atoms with van der Waals surface area (Å²) in [7, 11) is 0. The number of nitrogens with zero attached hydrogens (tertiary/aromatic N) is 2. The van der Waals surface area contributed by atoms with E-state index in [2.05, 4.69) is 28.7 Å². The smallest absolute Gasteiger partial charge is 0.229 e. The Bertz CT molecular complexity index is 724. The predicted molar refractivity (Wildman–Crippen MR) is 84.3 cm³/mol. The van der Waals surface area contributed by atoms with Crippen LogP contribution in [-0.4, -0.2) is 21.6 Å². The fraction of sp³-hybridized carbons (Fsp3) is 0.529. The molecular weight excluding hydrogens is 281 g/mol. The SMILES string of the molecule is CC(NC(=O)C1(C)CC1F)c1nc2ccccc2n1C(C)C. The Morgan fingerprint density at radius 2 is 2.05 bits per heavy atom. The Balaban J connectivity index is 1.92. The van der Waals surface area contributed by atoms with Crippen molar-refractivity contribution in [1.29, 1.82) is 0 Å². The van der Waals surface area contributed by atoms with Crippen LogP contribution in [0.2, 0.25) is 0 Å². The van der Waals surface area contributed by atoms with Gasteiger partial charge < -0.3 is 9.88 Å². The van der Waals surface area contributed by atoms with Crippen molar-refractivity contribution in [3.63, 3.8) is 0 Å². The van der Waals surface area contributed by atoms with Crippen LogP contribution in [0.5, 0.6) is 0 Å². The minimum Gasteiger partial charge on any atom is -0.346 e. The van der Waals surface area contributed by atoms with Crippen LogP contribution in [0.15, 0.2) is 24.3 Å². The maximum absolute atomic E-state index is 13.4. The van der Waals surface area contributed by atoms with Crippen molar-refractivity contribution < 1.29 is 9.18 Å². The number of alkyl halides is 1. The Hall–Kier alpha value is -1.91. The number of amides is 1. The maximum atomic E-state index is 13.4. The molecule has 4 nitrogen and oxygen atoms in total. The molecule has 3 atom stereocenters. The Morgan fingerprint density at radius 3 is 2.64 bits per heavy atom. The first-order valence-corrected chi connectivity index (χ1v) is 7.76. The number of rotatable bonds is 4. The number of aromatic nitrogens is 2. The molecule has 5 heteroatoms. The van der Waals surface area contributed by atoms with E-state index in [1.54, 1.807) is 6.92 Å². The van der Waals surface area contributed by atoms with E-state index < -0.39 is 11.6 Å². The van der Waals surface area contributed by atoms with Crippen LogP contribution in [0.4, 0.5) is 4.39 Å². The highest BCUT2D eigenvalue weighted by Crippen LogP contribution is 2.48. The average Bonchev–Trinajstić information content (AvgIpc) is 2.94. The van der Waals surface area contributed by atoms with Crippen LogP contribution in [0, 0.1) is 5.41 Å². The third-order valence-corrected chi connectivity index (χ3v) is 4.53. The number of nitrogens with one attached hydrogen (secondary N) is 1. The third-order valence-electron chi connectivity index (χ3n) is 4.53. The molecule has 1 aliphatic rings.